The highest BCUT2D eigenvalue weighted by Crippen LogP contribution is 2.45. The Morgan fingerprint density at radius 1 is 0.741 bits per heavy atom. The largest absolute Gasteiger partial charge is 0.353 e. The van der Waals surface area contributed by atoms with Crippen molar-refractivity contribution in [2.24, 2.45) is 0 Å². The van der Waals surface area contributed by atoms with E-state index in [9.17, 15) is 0 Å². The normalized spacial score (nSPS) is 16.7. The maximum atomic E-state index is 2.62. The topological polar surface area (TPSA) is 6.48 Å². The molecule has 1 aliphatic heterocycles. The fourth-order valence-corrected chi connectivity index (χ4v) is 4.74. The van der Waals surface area contributed by atoms with Crippen molar-refractivity contribution in [2.75, 3.05) is 13.1 Å². The monoisotopic (exact) mass is 362 g/mol. The van der Waals surface area contributed by atoms with E-state index in [0.29, 0.717) is 5.92 Å². The molecule has 1 heterocycles. The zero-order valence-corrected chi connectivity index (χ0v) is 17.1. The summed E-state index contributed by atoms with van der Waals surface area (Å²) in [5.41, 5.74) is 2.82. The van der Waals surface area contributed by atoms with Gasteiger partial charge in [-0.1, -0.05) is 81.4 Å². The summed E-state index contributed by atoms with van der Waals surface area (Å²) >= 11 is 0. The second-order valence-electron chi connectivity index (χ2n) is 7.60. The van der Waals surface area contributed by atoms with Crippen LogP contribution in [-0.2, 0) is 6.42 Å². The van der Waals surface area contributed by atoms with Crippen molar-refractivity contribution in [1.29, 1.82) is 0 Å². The first-order valence-electron chi connectivity index (χ1n) is 10.6. The van der Waals surface area contributed by atoms with Crippen LogP contribution in [0.1, 0.15) is 57.1 Å². The lowest BCUT2D eigenvalue weighted by Gasteiger charge is -2.51. The SMILES string of the molecule is CCCN1C=CN(CCC)C1(Cc1ccccc1)C(CC)c1ccccc1. The van der Waals surface area contributed by atoms with E-state index in [1.165, 1.54) is 11.1 Å². The molecule has 0 fully saturated rings. The van der Waals surface area contributed by atoms with Gasteiger partial charge < -0.3 is 9.80 Å². The van der Waals surface area contributed by atoms with Crippen molar-refractivity contribution in [3.8, 4) is 0 Å². The molecule has 144 valence electrons. The molecule has 0 saturated heterocycles. The van der Waals surface area contributed by atoms with Crippen LogP contribution in [-0.4, -0.2) is 28.6 Å². The highest BCUT2D eigenvalue weighted by molar-refractivity contribution is 5.30. The van der Waals surface area contributed by atoms with Crippen LogP contribution in [0, 0.1) is 0 Å². The van der Waals surface area contributed by atoms with Gasteiger partial charge in [0.25, 0.3) is 0 Å². The zero-order chi connectivity index (χ0) is 19.1. The third-order valence-electron chi connectivity index (χ3n) is 5.83. The number of nitrogens with zero attached hydrogens (tertiary/aromatic N) is 2. The molecule has 0 spiro atoms. The van der Waals surface area contributed by atoms with E-state index in [-0.39, 0.29) is 5.66 Å². The second-order valence-corrected chi connectivity index (χ2v) is 7.60. The van der Waals surface area contributed by atoms with Crippen LogP contribution in [0.4, 0.5) is 0 Å². The van der Waals surface area contributed by atoms with Gasteiger partial charge in [-0.2, -0.15) is 0 Å². The minimum Gasteiger partial charge on any atom is -0.353 e. The zero-order valence-electron chi connectivity index (χ0n) is 17.1. The van der Waals surface area contributed by atoms with Gasteiger partial charge >= 0.3 is 0 Å². The van der Waals surface area contributed by atoms with E-state index < -0.39 is 0 Å². The van der Waals surface area contributed by atoms with Gasteiger partial charge in [0.2, 0.25) is 0 Å². The fraction of sp³-hybridized carbons (Fsp3) is 0.440. The van der Waals surface area contributed by atoms with Crippen molar-refractivity contribution in [1.82, 2.24) is 9.80 Å². The molecule has 2 aromatic carbocycles. The van der Waals surface area contributed by atoms with Crippen LogP contribution in [0.25, 0.3) is 0 Å². The minimum atomic E-state index is -0.0382. The van der Waals surface area contributed by atoms with Crippen LogP contribution in [0.3, 0.4) is 0 Å². The third kappa shape index (κ3) is 3.90. The first kappa shape index (κ1) is 19.5. The molecular weight excluding hydrogens is 328 g/mol. The van der Waals surface area contributed by atoms with Gasteiger partial charge in [-0.3, -0.25) is 0 Å². The summed E-state index contributed by atoms with van der Waals surface area (Å²) < 4.78 is 0. The molecule has 0 N–H and O–H groups in total. The van der Waals surface area contributed by atoms with E-state index in [1.54, 1.807) is 0 Å². The average molecular weight is 363 g/mol. The molecule has 1 atom stereocenters. The Morgan fingerprint density at radius 3 is 1.74 bits per heavy atom. The van der Waals surface area contributed by atoms with Gasteiger partial charge in [0.05, 0.1) is 0 Å². The minimum absolute atomic E-state index is 0.0382. The maximum absolute atomic E-state index is 2.62. The summed E-state index contributed by atoms with van der Waals surface area (Å²) in [7, 11) is 0. The molecule has 2 nitrogen and oxygen atoms in total. The molecule has 1 unspecified atom stereocenters. The molecule has 1 aliphatic rings. The Balaban J connectivity index is 2.11. The molecule has 2 aromatic rings. The lowest BCUT2D eigenvalue weighted by molar-refractivity contribution is -0.00194. The van der Waals surface area contributed by atoms with Gasteiger partial charge in [-0.05, 0) is 30.4 Å². The predicted octanol–water partition coefficient (Wildman–Crippen LogP) is 6.03. The Morgan fingerprint density at radius 2 is 1.26 bits per heavy atom. The second kappa shape index (κ2) is 9.12. The first-order chi connectivity index (χ1) is 13.3. The molecular formula is C25H34N2. The Labute approximate surface area is 165 Å². The summed E-state index contributed by atoms with van der Waals surface area (Å²) in [6.45, 7) is 9.09. The number of hydrogen-bond acceptors (Lipinski definition) is 2. The third-order valence-corrected chi connectivity index (χ3v) is 5.83. The van der Waals surface area contributed by atoms with Crippen LogP contribution in [0.5, 0.6) is 0 Å². The maximum Gasteiger partial charge on any atom is 0.123 e. The lowest BCUT2D eigenvalue weighted by Crippen LogP contribution is -2.59. The Kier molecular flexibility index (Phi) is 6.60. The van der Waals surface area contributed by atoms with E-state index >= 15 is 0 Å². The quantitative estimate of drug-likeness (QED) is 0.537. The Hall–Kier alpha value is -2.22. The average Bonchev–Trinajstić information content (AvgIpc) is 3.03. The summed E-state index contributed by atoms with van der Waals surface area (Å²) in [4.78, 5) is 5.24. The molecule has 0 radical (unpaired) electrons. The van der Waals surface area contributed by atoms with Gasteiger partial charge in [-0.15, -0.1) is 0 Å². The van der Waals surface area contributed by atoms with Crippen LogP contribution < -0.4 is 0 Å². The fourth-order valence-electron chi connectivity index (χ4n) is 4.74. The summed E-state index contributed by atoms with van der Waals surface area (Å²) in [5, 5.41) is 0. The highest BCUT2D eigenvalue weighted by Gasteiger charge is 2.48. The van der Waals surface area contributed by atoms with Crippen LogP contribution >= 0.6 is 0 Å². The van der Waals surface area contributed by atoms with Crippen molar-refractivity contribution in [3.63, 3.8) is 0 Å². The van der Waals surface area contributed by atoms with Crippen LogP contribution in [0.2, 0.25) is 0 Å². The standard InChI is InChI=1S/C25H34N2/c1-4-17-26-19-20-27(18-5-2)25(26,21-22-13-9-7-10-14-22)24(6-3)23-15-11-8-12-16-23/h7-16,19-20,24H,4-6,17-18,21H2,1-3H3. The number of benzene rings is 2. The molecule has 0 aliphatic carbocycles. The molecule has 3 rings (SSSR count). The van der Waals surface area contributed by atoms with Crippen LogP contribution in [0.15, 0.2) is 73.1 Å². The molecule has 27 heavy (non-hydrogen) atoms. The summed E-state index contributed by atoms with van der Waals surface area (Å²) in [6.07, 6.45) is 9.16. The van der Waals surface area contributed by atoms with Crippen molar-refractivity contribution < 1.29 is 0 Å². The van der Waals surface area contributed by atoms with Gasteiger partial charge in [0.15, 0.2) is 0 Å². The smallest absolute Gasteiger partial charge is 0.123 e. The highest BCUT2D eigenvalue weighted by atomic mass is 15.4. The lowest BCUT2D eigenvalue weighted by atomic mass is 9.78. The molecule has 0 amide bonds. The number of hydrogen-bond donors (Lipinski definition) is 0. The van der Waals surface area contributed by atoms with Crippen molar-refractivity contribution >= 4 is 0 Å². The number of rotatable bonds is 9. The van der Waals surface area contributed by atoms with Gasteiger partial charge in [-0.25, -0.2) is 0 Å². The summed E-state index contributed by atoms with van der Waals surface area (Å²) in [6, 6.07) is 22.1. The van der Waals surface area contributed by atoms with Crippen molar-refractivity contribution in [3.05, 3.63) is 84.2 Å². The van der Waals surface area contributed by atoms with E-state index in [1.807, 2.05) is 0 Å². The first-order valence-corrected chi connectivity index (χ1v) is 10.6. The van der Waals surface area contributed by atoms with Gasteiger partial charge in [0, 0.05) is 37.8 Å². The molecule has 2 heteroatoms. The predicted molar refractivity (Wildman–Crippen MR) is 115 cm³/mol. The molecule has 0 aromatic heterocycles. The van der Waals surface area contributed by atoms with E-state index in [0.717, 1.165) is 38.8 Å². The molecule has 0 saturated carbocycles. The Bertz CT molecular complexity index is 692. The summed E-state index contributed by atoms with van der Waals surface area (Å²) in [5.74, 6) is 0.451. The van der Waals surface area contributed by atoms with Gasteiger partial charge in [0.1, 0.15) is 5.66 Å². The molecule has 0 bridgehead atoms. The van der Waals surface area contributed by atoms with E-state index in [4.69, 9.17) is 0 Å². The van der Waals surface area contributed by atoms with Crippen molar-refractivity contribution in [2.45, 2.75) is 58.0 Å². The van der Waals surface area contributed by atoms with E-state index in [2.05, 4.69) is 104 Å².